The molecule has 29 heavy (non-hydrogen) atoms. The summed E-state index contributed by atoms with van der Waals surface area (Å²) in [5.74, 6) is 0.220. The van der Waals surface area contributed by atoms with E-state index in [2.05, 4.69) is 22.3 Å². The summed E-state index contributed by atoms with van der Waals surface area (Å²) in [4.78, 5) is 27.7. The fourth-order valence-electron chi connectivity index (χ4n) is 3.73. The zero-order chi connectivity index (χ0) is 20.2. The van der Waals surface area contributed by atoms with E-state index in [-0.39, 0.29) is 22.9 Å². The van der Waals surface area contributed by atoms with Crippen LogP contribution in [-0.4, -0.2) is 37.0 Å². The molecule has 0 aliphatic carbocycles. The molecule has 3 aromatic rings. The first kappa shape index (κ1) is 19.2. The predicted octanol–water partition coefficient (Wildman–Crippen LogP) is 3.20. The molecule has 1 aliphatic heterocycles. The molecular formula is C23H24N2O4. The Morgan fingerprint density at radius 1 is 1.17 bits per heavy atom. The van der Waals surface area contributed by atoms with Gasteiger partial charge < -0.3 is 14.5 Å². The highest BCUT2D eigenvalue weighted by molar-refractivity contribution is 5.96. The number of rotatable bonds is 5. The van der Waals surface area contributed by atoms with Gasteiger partial charge in [0, 0.05) is 31.7 Å². The van der Waals surface area contributed by atoms with E-state index in [1.807, 2.05) is 18.2 Å². The molecule has 2 heterocycles. The molecule has 0 spiro atoms. The summed E-state index contributed by atoms with van der Waals surface area (Å²) >= 11 is 0. The Morgan fingerprint density at radius 2 is 1.93 bits per heavy atom. The van der Waals surface area contributed by atoms with Crippen LogP contribution in [0.25, 0.3) is 11.0 Å². The van der Waals surface area contributed by atoms with Gasteiger partial charge in [0.05, 0.1) is 12.5 Å². The number of hydrogen-bond donors (Lipinski definition) is 1. The maximum Gasteiger partial charge on any atom is 0.258 e. The van der Waals surface area contributed by atoms with Gasteiger partial charge >= 0.3 is 0 Å². The van der Waals surface area contributed by atoms with Crippen LogP contribution in [0.2, 0.25) is 0 Å². The minimum Gasteiger partial charge on any atom is -0.497 e. The molecule has 150 valence electrons. The van der Waals surface area contributed by atoms with Gasteiger partial charge in [-0.1, -0.05) is 30.3 Å². The second-order valence-corrected chi connectivity index (χ2v) is 7.35. The number of methoxy groups -OCH3 is 1. The Morgan fingerprint density at radius 3 is 2.66 bits per heavy atom. The van der Waals surface area contributed by atoms with Gasteiger partial charge in [0.15, 0.2) is 0 Å². The van der Waals surface area contributed by atoms with Crippen molar-refractivity contribution in [3.63, 3.8) is 0 Å². The van der Waals surface area contributed by atoms with Gasteiger partial charge in [-0.2, -0.15) is 0 Å². The first-order chi connectivity index (χ1) is 14.1. The van der Waals surface area contributed by atoms with E-state index >= 15 is 0 Å². The topological polar surface area (TPSA) is 71.8 Å². The summed E-state index contributed by atoms with van der Waals surface area (Å²) in [5, 5.41) is 3.37. The summed E-state index contributed by atoms with van der Waals surface area (Å²) in [5.41, 5.74) is 1.41. The molecule has 0 atom stereocenters. The van der Waals surface area contributed by atoms with Crippen LogP contribution < -0.4 is 15.5 Å². The summed E-state index contributed by atoms with van der Waals surface area (Å²) in [6.45, 7) is 2.73. The normalized spacial score (nSPS) is 15.3. The molecule has 1 aromatic heterocycles. The second kappa shape index (κ2) is 8.49. The van der Waals surface area contributed by atoms with Gasteiger partial charge in [0.25, 0.3) is 5.91 Å². The molecular weight excluding hydrogens is 368 g/mol. The first-order valence-electron chi connectivity index (χ1n) is 9.81. The van der Waals surface area contributed by atoms with Gasteiger partial charge in [-0.3, -0.25) is 14.5 Å². The molecule has 0 unspecified atom stereocenters. The highest BCUT2D eigenvalue weighted by Crippen LogP contribution is 2.19. The Labute approximate surface area is 169 Å². The average Bonchev–Trinajstić information content (AvgIpc) is 2.75. The number of nitrogens with zero attached hydrogens (tertiary/aromatic N) is 1. The quantitative estimate of drug-likeness (QED) is 0.722. The van der Waals surface area contributed by atoms with Crippen molar-refractivity contribution in [2.24, 2.45) is 0 Å². The maximum absolute atomic E-state index is 12.7. The summed E-state index contributed by atoms with van der Waals surface area (Å²) in [6, 6.07) is 15.4. The van der Waals surface area contributed by atoms with Gasteiger partial charge in [-0.25, -0.2) is 0 Å². The highest BCUT2D eigenvalue weighted by atomic mass is 16.5. The Kier molecular flexibility index (Phi) is 5.62. The molecule has 0 radical (unpaired) electrons. The number of ether oxygens (including phenoxy) is 1. The third-order valence-electron chi connectivity index (χ3n) is 5.40. The van der Waals surface area contributed by atoms with Gasteiger partial charge in [0.1, 0.15) is 23.2 Å². The van der Waals surface area contributed by atoms with Crippen molar-refractivity contribution in [2.45, 2.75) is 25.4 Å². The van der Waals surface area contributed by atoms with Crippen molar-refractivity contribution in [1.82, 2.24) is 10.2 Å². The number of carbonyl (C=O) groups is 1. The Hall–Kier alpha value is -3.12. The number of hydrogen-bond acceptors (Lipinski definition) is 5. The predicted molar refractivity (Wildman–Crippen MR) is 111 cm³/mol. The van der Waals surface area contributed by atoms with Crippen molar-refractivity contribution in [3.8, 4) is 5.75 Å². The van der Waals surface area contributed by atoms with E-state index in [0.717, 1.165) is 32.5 Å². The molecule has 4 rings (SSSR count). The van der Waals surface area contributed by atoms with Crippen LogP contribution in [0.1, 0.15) is 28.8 Å². The summed E-state index contributed by atoms with van der Waals surface area (Å²) in [6.07, 6.45) is 2.95. The molecule has 6 nitrogen and oxygen atoms in total. The SMILES string of the molecule is COc1ccc2c(=O)c(C(=O)NC3CCN(Cc4ccccc4)CC3)coc2c1. The number of nitrogens with one attached hydrogen (secondary N) is 1. The minimum absolute atomic E-state index is 0.0365. The van der Waals surface area contributed by atoms with E-state index in [4.69, 9.17) is 9.15 Å². The minimum atomic E-state index is -0.377. The Balaban J connectivity index is 1.39. The Bertz CT molecular complexity index is 1050. The standard InChI is InChI=1S/C23H24N2O4/c1-28-18-7-8-19-21(13-18)29-15-20(22(19)26)23(27)24-17-9-11-25(12-10-17)14-16-5-3-2-4-6-16/h2-8,13,15,17H,9-12,14H2,1H3,(H,24,27). The van der Waals surface area contributed by atoms with Gasteiger partial charge in [-0.15, -0.1) is 0 Å². The van der Waals surface area contributed by atoms with Crippen LogP contribution in [0, 0.1) is 0 Å². The van der Waals surface area contributed by atoms with Crippen molar-refractivity contribution in [3.05, 3.63) is 76.1 Å². The molecule has 1 N–H and O–H groups in total. The van der Waals surface area contributed by atoms with E-state index in [1.54, 1.807) is 25.3 Å². The third kappa shape index (κ3) is 4.32. The third-order valence-corrected chi connectivity index (χ3v) is 5.40. The largest absolute Gasteiger partial charge is 0.497 e. The van der Waals surface area contributed by atoms with Crippen molar-refractivity contribution in [2.75, 3.05) is 20.2 Å². The first-order valence-corrected chi connectivity index (χ1v) is 9.81. The van der Waals surface area contributed by atoms with Crippen LogP contribution in [0.3, 0.4) is 0 Å². The smallest absolute Gasteiger partial charge is 0.258 e. The maximum atomic E-state index is 12.7. The lowest BCUT2D eigenvalue weighted by atomic mass is 10.0. The number of piperidine rings is 1. The number of benzene rings is 2. The van der Waals surface area contributed by atoms with Crippen LogP contribution in [-0.2, 0) is 6.54 Å². The van der Waals surface area contributed by atoms with Crippen LogP contribution in [0.5, 0.6) is 5.75 Å². The van der Waals surface area contributed by atoms with Crippen LogP contribution in [0.4, 0.5) is 0 Å². The summed E-state index contributed by atoms with van der Waals surface area (Å²) < 4.78 is 10.7. The molecule has 0 bridgehead atoms. The monoisotopic (exact) mass is 392 g/mol. The number of carbonyl (C=O) groups excluding carboxylic acids is 1. The lowest BCUT2D eigenvalue weighted by Crippen LogP contribution is -2.45. The van der Waals surface area contributed by atoms with E-state index in [0.29, 0.717) is 16.7 Å². The van der Waals surface area contributed by atoms with Crippen molar-refractivity contribution in [1.29, 1.82) is 0 Å². The molecule has 0 saturated carbocycles. The van der Waals surface area contributed by atoms with E-state index in [1.165, 1.54) is 11.8 Å². The molecule has 1 amide bonds. The fourth-order valence-corrected chi connectivity index (χ4v) is 3.73. The second-order valence-electron chi connectivity index (χ2n) is 7.35. The molecule has 6 heteroatoms. The van der Waals surface area contributed by atoms with Gasteiger partial charge in [0.2, 0.25) is 5.43 Å². The zero-order valence-electron chi connectivity index (χ0n) is 16.4. The number of amides is 1. The molecule has 1 aliphatic rings. The lowest BCUT2D eigenvalue weighted by Gasteiger charge is -2.32. The number of likely N-dealkylation sites (tertiary alicyclic amines) is 1. The van der Waals surface area contributed by atoms with Crippen molar-refractivity contribution >= 4 is 16.9 Å². The fraction of sp³-hybridized carbons (Fsp3) is 0.304. The van der Waals surface area contributed by atoms with Crippen LogP contribution in [0.15, 0.2) is 64.0 Å². The van der Waals surface area contributed by atoms with E-state index < -0.39 is 0 Å². The van der Waals surface area contributed by atoms with Crippen LogP contribution >= 0.6 is 0 Å². The molecule has 2 aromatic carbocycles. The highest BCUT2D eigenvalue weighted by Gasteiger charge is 2.23. The molecule has 1 fully saturated rings. The van der Waals surface area contributed by atoms with Gasteiger partial charge in [-0.05, 0) is 30.5 Å². The number of fused-ring (bicyclic) bond motifs is 1. The average molecular weight is 392 g/mol. The van der Waals surface area contributed by atoms with E-state index in [9.17, 15) is 9.59 Å². The lowest BCUT2D eigenvalue weighted by molar-refractivity contribution is 0.0906. The molecule has 1 saturated heterocycles. The zero-order valence-corrected chi connectivity index (χ0v) is 16.4. The summed E-state index contributed by atoms with van der Waals surface area (Å²) in [7, 11) is 1.55. The van der Waals surface area contributed by atoms with Crippen molar-refractivity contribution < 1.29 is 13.9 Å².